The SMILES string of the molecule is Cc1ccc(S(=O)(=O)NC2CC2)cc1C(=O)Nc1ccc(Cl)c(C(F)(F)F)c1. The Hall–Kier alpha value is -2.10. The first-order chi connectivity index (χ1) is 13.0. The predicted molar refractivity (Wildman–Crippen MR) is 98.9 cm³/mol. The van der Waals surface area contributed by atoms with E-state index in [0.717, 1.165) is 25.0 Å². The molecule has 1 saturated carbocycles. The Kier molecular flexibility index (Phi) is 5.44. The highest BCUT2D eigenvalue weighted by Gasteiger charge is 2.33. The lowest BCUT2D eigenvalue weighted by Gasteiger charge is -2.13. The Morgan fingerprint density at radius 3 is 2.43 bits per heavy atom. The van der Waals surface area contributed by atoms with Crippen LogP contribution < -0.4 is 10.0 Å². The standard InChI is InChI=1S/C18H16ClF3N2O3S/c1-10-2-6-13(28(26,27)24-11-3-4-11)9-14(10)17(25)23-12-5-7-16(19)15(8-12)18(20,21)22/h2,5-9,11,24H,3-4H2,1H3,(H,23,25). The van der Waals surface area contributed by atoms with Gasteiger partial charge in [-0.05, 0) is 55.7 Å². The second-order valence-corrected chi connectivity index (χ2v) is 8.64. The van der Waals surface area contributed by atoms with Crippen LogP contribution in [0.1, 0.15) is 34.3 Å². The van der Waals surface area contributed by atoms with Crippen LogP contribution in [0.5, 0.6) is 0 Å². The van der Waals surface area contributed by atoms with Gasteiger partial charge in [0.1, 0.15) is 0 Å². The molecule has 0 radical (unpaired) electrons. The van der Waals surface area contributed by atoms with Gasteiger partial charge in [-0.2, -0.15) is 13.2 Å². The van der Waals surface area contributed by atoms with E-state index >= 15 is 0 Å². The van der Waals surface area contributed by atoms with E-state index in [9.17, 15) is 26.4 Å². The third kappa shape index (κ3) is 4.65. The van der Waals surface area contributed by atoms with Crippen molar-refractivity contribution in [3.8, 4) is 0 Å². The van der Waals surface area contributed by atoms with E-state index in [2.05, 4.69) is 10.0 Å². The molecule has 0 spiro atoms. The summed E-state index contributed by atoms with van der Waals surface area (Å²) in [5.41, 5.74) is -0.658. The van der Waals surface area contributed by atoms with E-state index in [1.54, 1.807) is 6.92 Å². The van der Waals surface area contributed by atoms with Crippen LogP contribution in [0.3, 0.4) is 0 Å². The molecular weight excluding hydrogens is 417 g/mol. The molecular formula is C18H16ClF3N2O3S. The molecule has 1 aliphatic rings. The lowest BCUT2D eigenvalue weighted by atomic mass is 10.1. The molecule has 2 aromatic carbocycles. The number of alkyl halides is 3. The van der Waals surface area contributed by atoms with Crippen LogP contribution in [0.15, 0.2) is 41.3 Å². The molecule has 0 aromatic heterocycles. The molecule has 3 rings (SSSR count). The Bertz CT molecular complexity index is 1030. The molecule has 150 valence electrons. The quantitative estimate of drug-likeness (QED) is 0.737. The summed E-state index contributed by atoms with van der Waals surface area (Å²) in [4.78, 5) is 12.5. The number of amides is 1. The third-order valence-corrected chi connectivity index (χ3v) is 6.04. The summed E-state index contributed by atoms with van der Waals surface area (Å²) in [6.07, 6.45) is -3.15. The highest BCUT2D eigenvalue weighted by Crippen LogP contribution is 2.36. The number of aryl methyl sites for hydroxylation is 1. The first kappa shape index (κ1) is 20.6. The number of benzene rings is 2. The monoisotopic (exact) mass is 432 g/mol. The van der Waals surface area contributed by atoms with Gasteiger partial charge >= 0.3 is 6.18 Å². The van der Waals surface area contributed by atoms with Gasteiger partial charge in [-0.25, -0.2) is 13.1 Å². The van der Waals surface area contributed by atoms with Gasteiger partial charge in [-0.3, -0.25) is 4.79 Å². The van der Waals surface area contributed by atoms with Gasteiger partial charge < -0.3 is 5.32 Å². The Labute approximate surface area is 164 Å². The lowest BCUT2D eigenvalue weighted by Crippen LogP contribution is -2.26. The molecule has 5 nitrogen and oxygen atoms in total. The first-order valence-corrected chi connectivity index (χ1v) is 10.1. The van der Waals surface area contributed by atoms with Crippen LogP contribution in [-0.2, 0) is 16.2 Å². The topological polar surface area (TPSA) is 75.3 Å². The molecule has 0 heterocycles. The van der Waals surface area contributed by atoms with Crippen molar-refractivity contribution < 1.29 is 26.4 Å². The van der Waals surface area contributed by atoms with Crippen LogP contribution >= 0.6 is 11.6 Å². The number of nitrogens with one attached hydrogen (secondary N) is 2. The molecule has 0 saturated heterocycles. The van der Waals surface area contributed by atoms with E-state index < -0.39 is 32.7 Å². The Balaban J connectivity index is 1.88. The van der Waals surface area contributed by atoms with Crippen LogP contribution in [0, 0.1) is 6.92 Å². The van der Waals surface area contributed by atoms with Crippen LogP contribution in [0.2, 0.25) is 5.02 Å². The molecule has 0 bridgehead atoms. The Morgan fingerprint density at radius 2 is 1.82 bits per heavy atom. The molecule has 0 atom stereocenters. The second-order valence-electron chi connectivity index (χ2n) is 6.52. The molecule has 0 unspecified atom stereocenters. The van der Waals surface area contributed by atoms with Crippen molar-refractivity contribution in [2.45, 2.75) is 36.9 Å². The third-order valence-electron chi connectivity index (χ3n) is 4.19. The Morgan fingerprint density at radius 1 is 1.14 bits per heavy atom. The minimum Gasteiger partial charge on any atom is -0.322 e. The van der Waals surface area contributed by atoms with Crippen molar-refractivity contribution in [1.29, 1.82) is 0 Å². The average Bonchev–Trinajstić information content (AvgIpc) is 3.39. The molecule has 10 heteroatoms. The summed E-state index contributed by atoms with van der Waals surface area (Å²) >= 11 is 5.57. The second kappa shape index (κ2) is 7.38. The number of carbonyl (C=O) groups is 1. The van der Waals surface area contributed by atoms with E-state index in [0.29, 0.717) is 5.56 Å². The largest absolute Gasteiger partial charge is 0.417 e. The maximum atomic E-state index is 13.0. The van der Waals surface area contributed by atoms with Gasteiger partial charge in [0.05, 0.1) is 15.5 Å². The summed E-state index contributed by atoms with van der Waals surface area (Å²) in [5, 5.41) is 1.87. The molecule has 1 aliphatic carbocycles. The van der Waals surface area contributed by atoms with Crippen LogP contribution in [-0.4, -0.2) is 20.4 Å². The van der Waals surface area contributed by atoms with E-state index in [1.165, 1.54) is 24.3 Å². The summed E-state index contributed by atoms with van der Waals surface area (Å²) < 4.78 is 66.1. The summed E-state index contributed by atoms with van der Waals surface area (Å²) in [5.74, 6) is -0.726. The minimum absolute atomic E-state index is 0.0437. The molecule has 1 amide bonds. The van der Waals surface area contributed by atoms with Crippen molar-refractivity contribution >= 4 is 33.2 Å². The molecule has 2 aromatic rings. The predicted octanol–water partition coefficient (Wildman–Crippen LogP) is 4.36. The maximum absolute atomic E-state index is 13.0. The zero-order valence-corrected chi connectivity index (χ0v) is 16.2. The van der Waals surface area contributed by atoms with Gasteiger partial charge in [0.25, 0.3) is 5.91 Å². The minimum atomic E-state index is -4.67. The molecule has 0 aliphatic heterocycles. The smallest absolute Gasteiger partial charge is 0.322 e. The summed E-state index contributed by atoms with van der Waals surface area (Å²) in [6.45, 7) is 1.60. The number of sulfonamides is 1. The molecule has 1 fully saturated rings. The number of hydrogen-bond donors (Lipinski definition) is 2. The number of carbonyl (C=O) groups excluding carboxylic acids is 1. The van der Waals surface area contributed by atoms with Gasteiger partial charge in [-0.1, -0.05) is 17.7 Å². The highest BCUT2D eigenvalue weighted by molar-refractivity contribution is 7.89. The number of rotatable bonds is 5. The van der Waals surface area contributed by atoms with E-state index in [-0.39, 0.29) is 22.2 Å². The van der Waals surface area contributed by atoms with Crippen molar-refractivity contribution in [2.75, 3.05) is 5.32 Å². The van der Waals surface area contributed by atoms with Crippen molar-refractivity contribution in [2.24, 2.45) is 0 Å². The zero-order chi connectivity index (χ0) is 20.7. The van der Waals surface area contributed by atoms with Crippen LogP contribution in [0.4, 0.5) is 18.9 Å². The molecule has 2 N–H and O–H groups in total. The van der Waals surface area contributed by atoms with Gasteiger partial charge in [0.2, 0.25) is 10.0 Å². The summed E-state index contributed by atoms with van der Waals surface area (Å²) in [6, 6.07) is 6.95. The highest BCUT2D eigenvalue weighted by atomic mass is 35.5. The number of hydrogen-bond acceptors (Lipinski definition) is 3. The van der Waals surface area contributed by atoms with Crippen molar-refractivity contribution in [3.63, 3.8) is 0 Å². The fourth-order valence-corrected chi connectivity index (χ4v) is 4.08. The van der Waals surface area contributed by atoms with Crippen molar-refractivity contribution in [3.05, 3.63) is 58.1 Å². The fraction of sp³-hybridized carbons (Fsp3) is 0.278. The maximum Gasteiger partial charge on any atom is 0.417 e. The summed E-state index contributed by atoms with van der Waals surface area (Å²) in [7, 11) is -3.77. The zero-order valence-electron chi connectivity index (χ0n) is 14.6. The first-order valence-electron chi connectivity index (χ1n) is 8.28. The van der Waals surface area contributed by atoms with E-state index in [4.69, 9.17) is 11.6 Å². The van der Waals surface area contributed by atoms with Crippen LogP contribution in [0.25, 0.3) is 0 Å². The molecule has 28 heavy (non-hydrogen) atoms. The van der Waals surface area contributed by atoms with Gasteiger partial charge in [-0.15, -0.1) is 0 Å². The number of anilines is 1. The lowest BCUT2D eigenvalue weighted by molar-refractivity contribution is -0.137. The average molecular weight is 433 g/mol. The fourth-order valence-electron chi connectivity index (χ4n) is 2.52. The van der Waals surface area contributed by atoms with E-state index in [1.807, 2.05) is 0 Å². The van der Waals surface area contributed by atoms with Crippen molar-refractivity contribution in [1.82, 2.24) is 4.72 Å². The van der Waals surface area contributed by atoms with Gasteiger partial charge in [0.15, 0.2) is 0 Å². The normalized spacial score (nSPS) is 14.8. The van der Waals surface area contributed by atoms with Gasteiger partial charge in [0, 0.05) is 17.3 Å². The number of halogens is 4.